The van der Waals surface area contributed by atoms with Crippen molar-refractivity contribution in [3.63, 3.8) is 0 Å². The molecular formula is C8H9AlO4. The molecule has 0 aliphatic heterocycles. The highest BCUT2D eigenvalue weighted by molar-refractivity contribution is 6.01. The van der Waals surface area contributed by atoms with E-state index in [1.165, 1.54) is 24.3 Å². The van der Waals surface area contributed by atoms with Gasteiger partial charge >= 0.3 is 11.9 Å². The fourth-order valence-corrected chi connectivity index (χ4v) is 0.856. The number of carboxylic acids is 2. The Morgan fingerprint density at radius 2 is 1.23 bits per heavy atom. The second-order valence-electron chi connectivity index (χ2n) is 2.16. The van der Waals surface area contributed by atoms with Crippen LogP contribution in [0.1, 0.15) is 20.7 Å². The molecule has 0 saturated heterocycles. The van der Waals surface area contributed by atoms with Crippen molar-refractivity contribution in [2.24, 2.45) is 0 Å². The minimum Gasteiger partial charge on any atom is -0.478 e. The van der Waals surface area contributed by atoms with Crippen LogP contribution in [-0.2, 0) is 0 Å². The normalized spacial score (nSPS) is 8.62. The van der Waals surface area contributed by atoms with Gasteiger partial charge in [-0.2, -0.15) is 0 Å². The summed E-state index contributed by atoms with van der Waals surface area (Å²) in [6.45, 7) is 0. The van der Waals surface area contributed by atoms with Crippen molar-refractivity contribution in [2.75, 3.05) is 0 Å². The van der Waals surface area contributed by atoms with Gasteiger partial charge in [-0.3, -0.25) is 0 Å². The topological polar surface area (TPSA) is 74.6 Å². The van der Waals surface area contributed by atoms with Gasteiger partial charge in [0.25, 0.3) is 0 Å². The zero-order valence-corrected chi connectivity index (χ0v) is 6.02. The van der Waals surface area contributed by atoms with Crippen LogP contribution in [0.2, 0.25) is 0 Å². The van der Waals surface area contributed by atoms with E-state index in [1.54, 1.807) is 0 Å². The van der Waals surface area contributed by atoms with E-state index in [1.807, 2.05) is 0 Å². The van der Waals surface area contributed by atoms with Gasteiger partial charge in [-0.25, -0.2) is 9.59 Å². The molecule has 0 fully saturated rings. The molecule has 0 saturated carbocycles. The maximum atomic E-state index is 10.5. The zero-order chi connectivity index (χ0) is 9.14. The van der Waals surface area contributed by atoms with Crippen LogP contribution in [0.3, 0.4) is 0 Å². The third kappa shape index (κ3) is 2.58. The maximum absolute atomic E-state index is 10.5. The highest BCUT2D eigenvalue weighted by Crippen LogP contribution is 2.07. The van der Waals surface area contributed by atoms with Gasteiger partial charge < -0.3 is 10.2 Å². The second kappa shape index (κ2) is 4.65. The molecule has 4 nitrogen and oxygen atoms in total. The van der Waals surface area contributed by atoms with Crippen LogP contribution >= 0.6 is 0 Å². The van der Waals surface area contributed by atoms with Crippen LogP contribution in [0.15, 0.2) is 24.3 Å². The molecule has 0 aliphatic rings. The first-order valence-electron chi connectivity index (χ1n) is 3.18. The Kier molecular flexibility index (Phi) is 4.19. The van der Waals surface area contributed by atoms with Gasteiger partial charge in [0, 0.05) is 0 Å². The lowest BCUT2D eigenvalue weighted by Gasteiger charge is -1.98. The van der Waals surface area contributed by atoms with Crippen molar-refractivity contribution in [1.29, 1.82) is 0 Å². The number of hydrogen-bond donors (Lipinski definition) is 2. The molecule has 0 bridgehead atoms. The summed E-state index contributed by atoms with van der Waals surface area (Å²) in [6.07, 6.45) is 0. The molecule has 0 radical (unpaired) electrons. The molecule has 0 amide bonds. The average Bonchev–Trinajstić information content (AvgIpc) is 2.04. The molecule has 13 heavy (non-hydrogen) atoms. The zero-order valence-electron chi connectivity index (χ0n) is 6.02. The molecule has 1 aromatic rings. The summed E-state index contributed by atoms with van der Waals surface area (Å²) < 4.78 is 0. The van der Waals surface area contributed by atoms with Crippen LogP contribution in [0.4, 0.5) is 0 Å². The lowest BCUT2D eigenvalue weighted by Crippen LogP contribution is -2.06. The molecule has 5 heteroatoms. The average molecular weight is 196 g/mol. The summed E-state index contributed by atoms with van der Waals surface area (Å²) >= 11 is 0. The quantitative estimate of drug-likeness (QED) is 0.647. The Morgan fingerprint density at radius 3 is 1.46 bits per heavy atom. The predicted molar refractivity (Wildman–Crippen MR) is 50.3 cm³/mol. The summed E-state index contributed by atoms with van der Waals surface area (Å²) in [6, 6.07) is 5.48. The van der Waals surface area contributed by atoms with Crippen molar-refractivity contribution in [2.45, 2.75) is 0 Å². The van der Waals surface area contributed by atoms with Crippen LogP contribution in [0.5, 0.6) is 0 Å². The van der Waals surface area contributed by atoms with Crippen molar-refractivity contribution in [1.82, 2.24) is 0 Å². The van der Waals surface area contributed by atoms with E-state index in [0.717, 1.165) is 0 Å². The Morgan fingerprint density at radius 1 is 0.923 bits per heavy atom. The predicted octanol–water partition coefficient (Wildman–Crippen LogP) is -0.101. The molecule has 0 heterocycles. The Bertz CT molecular complexity index is 302. The number of benzene rings is 1. The standard InChI is InChI=1S/C8H6O4.Al.3H/c9-7(10)5-3-1-2-4-6(5)8(11)12;;;;/h1-4H,(H,9,10)(H,11,12);;;;. The molecule has 68 valence electrons. The van der Waals surface area contributed by atoms with E-state index < -0.39 is 11.9 Å². The number of carbonyl (C=O) groups is 2. The van der Waals surface area contributed by atoms with E-state index in [2.05, 4.69) is 0 Å². The van der Waals surface area contributed by atoms with Gasteiger partial charge in [-0.05, 0) is 12.1 Å². The first-order chi connectivity index (χ1) is 5.63. The highest BCUT2D eigenvalue weighted by atomic mass is 27.0. The summed E-state index contributed by atoms with van der Waals surface area (Å²) in [7, 11) is 0. The molecule has 1 aromatic carbocycles. The highest BCUT2D eigenvalue weighted by Gasteiger charge is 2.13. The summed E-state index contributed by atoms with van der Waals surface area (Å²) in [5.74, 6) is -2.46. The molecule has 0 spiro atoms. The van der Waals surface area contributed by atoms with Gasteiger partial charge in [0.15, 0.2) is 17.4 Å². The summed E-state index contributed by atoms with van der Waals surface area (Å²) in [5.41, 5.74) is -0.380. The monoisotopic (exact) mass is 196 g/mol. The molecule has 0 aliphatic carbocycles. The summed E-state index contributed by atoms with van der Waals surface area (Å²) in [4.78, 5) is 20.9. The Balaban J connectivity index is 0.00000144. The number of rotatable bonds is 2. The lowest BCUT2D eigenvalue weighted by molar-refractivity contribution is 0.0651. The number of aromatic carboxylic acids is 2. The van der Waals surface area contributed by atoms with E-state index in [4.69, 9.17) is 10.2 Å². The second-order valence-corrected chi connectivity index (χ2v) is 2.16. The van der Waals surface area contributed by atoms with Gasteiger partial charge in [0.05, 0.1) is 11.1 Å². The fraction of sp³-hybridized carbons (Fsp3) is 0. The molecule has 0 aromatic heterocycles. The first-order valence-corrected chi connectivity index (χ1v) is 3.18. The number of carboxylic acid groups (broad SMARTS) is 2. The van der Waals surface area contributed by atoms with E-state index >= 15 is 0 Å². The van der Waals surface area contributed by atoms with E-state index in [0.29, 0.717) is 0 Å². The van der Waals surface area contributed by atoms with Crippen LogP contribution in [0, 0.1) is 0 Å². The van der Waals surface area contributed by atoms with E-state index in [9.17, 15) is 9.59 Å². The lowest BCUT2D eigenvalue weighted by atomic mass is 10.1. The van der Waals surface area contributed by atoms with Gasteiger partial charge in [0.2, 0.25) is 0 Å². The van der Waals surface area contributed by atoms with Gasteiger partial charge in [-0.15, -0.1) is 0 Å². The maximum Gasteiger partial charge on any atom is 0.336 e. The SMILES string of the molecule is O=C(O)c1ccccc1C(=O)O.[AlH3]. The smallest absolute Gasteiger partial charge is 0.336 e. The van der Waals surface area contributed by atoms with Crippen molar-refractivity contribution in [3.8, 4) is 0 Å². The van der Waals surface area contributed by atoms with Crippen LogP contribution in [0.25, 0.3) is 0 Å². The Hall–Kier alpha value is -1.31. The summed E-state index contributed by atoms with van der Waals surface area (Å²) in [5, 5.41) is 17.1. The fourth-order valence-electron chi connectivity index (χ4n) is 0.856. The van der Waals surface area contributed by atoms with Crippen molar-refractivity contribution in [3.05, 3.63) is 35.4 Å². The minimum atomic E-state index is -1.23. The van der Waals surface area contributed by atoms with E-state index in [-0.39, 0.29) is 28.5 Å². The molecule has 2 N–H and O–H groups in total. The van der Waals surface area contributed by atoms with Crippen molar-refractivity contribution >= 4 is 29.3 Å². The minimum absolute atomic E-state index is 0. The third-order valence-electron chi connectivity index (χ3n) is 1.39. The van der Waals surface area contributed by atoms with Crippen molar-refractivity contribution < 1.29 is 19.8 Å². The molecule has 1 rings (SSSR count). The van der Waals surface area contributed by atoms with Gasteiger partial charge in [-0.1, -0.05) is 12.1 Å². The van der Waals surface area contributed by atoms with Gasteiger partial charge in [0.1, 0.15) is 0 Å². The first kappa shape index (κ1) is 11.7. The molecular weight excluding hydrogens is 187 g/mol. The van der Waals surface area contributed by atoms with Crippen LogP contribution in [-0.4, -0.2) is 39.5 Å². The Labute approximate surface area is 84.9 Å². The largest absolute Gasteiger partial charge is 0.478 e. The molecule has 0 atom stereocenters. The third-order valence-corrected chi connectivity index (χ3v) is 1.39. The molecule has 0 unspecified atom stereocenters. The van der Waals surface area contributed by atoms with Crippen LogP contribution < -0.4 is 0 Å². The number of hydrogen-bond acceptors (Lipinski definition) is 2.